The van der Waals surface area contributed by atoms with Crippen LogP contribution >= 0.6 is 0 Å². The topological polar surface area (TPSA) is 106 Å². The molecule has 0 aliphatic heterocycles. The Bertz CT molecular complexity index is 5740. The van der Waals surface area contributed by atoms with E-state index >= 15 is 0 Å². The molecule has 9 nitrogen and oxygen atoms in total. The summed E-state index contributed by atoms with van der Waals surface area (Å²) < 4.78 is 9.45. The standard InChI is InChI=1S/C77H45N9/c78-46-48-19-18-22-51(43-48)52-36-37-61(70(45-52)86-66-34-17-13-30-60(66)72-69(86)42-39-58-56-28-11-15-32-64(56)84(74(58)72)54-25-8-3-9-26-54)76-80-75(50-20-4-1-5-21-50)81-77(82-76)62-44-49(47-79)35-40-67(62)85-65-33-16-12-29-59(65)71-68(85)41-38-57-55-27-10-14-31-63(55)83(73(57)71)53-23-6-2-7-24-53/h1-45H. The summed E-state index contributed by atoms with van der Waals surface area (Å²) in [4.78, 5) is 16.5. The summed E-state index contributed by atoms with van der Waals surface area (Å²) in [6.45, 7) is 0. The SMILES string of the molecule is N#Cc1cccc(-c2ccc(-c3nc(-c4ccccc4)nc(-c4cc(C#N)ccc4-n4c5ccccc5c5c4ccc4c6ccccc6n(-c6ccccc6)c45)n3)c(-n3c4ccccc4c4c3ccc3c5ccccc5n(-c5ccccc5)c34)c2)c1. The lowest BCUT2D eigenvalue weighted by molar-refractivity contribution is 1.06. The molecule has 0 N–H and O–H groups in total. The van der Waals surface area contributed by atoms with Gasteiger partial charge in [-0.2, -0.15) is 10.5 Å². The number of benzene rings is 12. The molecule has 17 aromatic rings. The van der Waals surface area contributed by atoms with E-state index in [0.29, 0.717) is 34.2 Å². The zero-order valence-corrected chi connectivity index (χ0v) is 46.0. The van der Waals surface area contributed by atoms with E-state index in [2.05, 4.69) is 231 Å². The molecule has 5 aromatic heterocycles. The van der Waals surface area contributed by atoms with E-state index in [1.165, 1.54) is 10.8 Å². The Morgan fingerprint density at radius 1 is 0.267 bits per heavy atom. The Morgan fingerprint density at radius 3 is 1.27 bits per heavy atom. The van der Waals surface area contributed by atoms with Gasteiger partial charge < -0.3 is 18.3 Å². The van der Waals surface area contributed by atoms with Crippen molar-refractivity contribution in [3.8, 4) is 80.2 Å². The third kappa shape index (κ3) is 7.32. The van der Waals surface area contributed by atoms with Crippen molar-refractivity contribution in [3.63, 3.8) is 0 Å². The van der Waals surface area contributed by atoms with Gasteiger partial charge in [-0.15, -0.1) is 0 Å². The lowest BCUT2D eigenvalue weighted by Gasteiger charge is -2.18. The van der Waals surface area contributed by atoms with Crippen LogP contribution in [-0.2, 0) is 0 Å². The van der Waals surface area contributed by atoms with Gasteiger partial charge in [-0.25, -0.2) is 15.0 Å². The van der Waals surface area contributed by atoms with Crippen LogP contribution < -0.4 is 0 Å². The van der Waals surface area contributed by atoms with E-state index in [4.69, 9.17) is 15.0 Å². The smallest absolute Gasteiger partial charge is 0.166 e. The zero-order valence-electron chi connectivity index (χ0n) is 46.0. The highest BCUT2D eigenvalue weighted by molar-refractivity contribution is 6.28. The Hall–Kier alpha value is -12.2. The van der Waals surface area contributed by atoms with Gasteiger partial charge in [0.2, 0.25) is 0 Å². The first kappa shape index (κ1) is 48.5. The van der Waals surface area contributed by atoms with Crippen molar-refractivity contribution in [2.45, 2.75) is 0 Å². The summed E-state index contributed by atoms with van der Waals surface area (Å²) in [5.74, 6) is 1.32. The van der Waals surface area contributed by atoms with Gasteiger partial charge in [0.1, 0.15) is 0 Å². The second kappa shape index (κ2) is 19.2. The van der Waals surface area contributed by atoms with E-state index in [1.807, 2.05) is 72.8 Å². The average Bonchev–Trinajstić information content (AvgIpc) is 1.60. The minimum absolute atomic E-state index is 0.402. The molecule has 0 aliphatic carbocycles. The van der Waals surface area contributed by atoms with Crippen LogP contribution in [0.2, 0.25) is 0 Å². The Morgan fingerprint density at radius 2 is 0.709 bits per heavy atom. The number of fused-ring (bicyclic) bond motifs is 14. The van der Waals surface area contributed by atoms with Crippen molar-refractivity contribution in [1.82, 2.24) is 33.2 Å². The zero-order chi connectivity index (χ0) is 57.0. The van der Waals surface area contributed by atoms with Crippen LogP contribution in [0.5, 0.6) is 0 Å². The molecule has 0 spiro atoms. The number of rotatable bonds is 8. The highest BCUT2D eigenvalue weighted by atomic mass is 15.1. The predicted octanol–water partition coefficient (Wildman–Crippen LogP) is 18.7. The molecule has 5 heterocycles. The van der Waals surface area contributed by atoms with Crippen LogP contribution in [0.25, 0.3) is 155 Å². The monoisotopic (exact) mass is 1100 g/mol. The molecule has 0 aliphatic rings. The van der Waals surface area contributed by atoms with Crippen LogP contribution in [0.1, 0.15) is 11.1 Å². The number of hydrogen-bond acceptors (Lipinski definition) is 5. The first-order valence-corrected chi connectivity index (χ1v) is 28.6. The summed E-state index contributed by atoms with van der Waals surface area (Å²) in [6.07, 6.45) is 0. The fourth-order valence-electron chi connectivity index (χ4n) is 13.4. The third-order valence-electron chi connectivity index (χ3n) is 17.0. The van der Waals surface area contributed by atoms with E-state index in [1.54, 1.807) is 0 Å². The van der Waals surface area contributed by atoms with Crippen molar-refractivity contribution >= 4 is 87.2 Å². The van der Waals surface area contributed by atoms with Gasteiger partial charge in [-0.05, 0) is 114 Å². The Balaban J connectivity index is 0.961. The summed E-state index contributed by atoms with van der Waals surface area (Å²) in [6, 6.07) is 99.5. The van der Waals surface area contributed by atoms with Crippen LogP contribution in [0.15, 0.2) is 273 Å². The van der Waals surface area contributed by atoms with Crippen LogP contribution in [0, 0.1) is 22.7 Å². The number of nitriles is 2. The van der Waals surface area contributed by atoms with Gasteiger partial charge in [0.05, 0.1) is 78.8 Å². The second-order valence-electron chi connectivity index (χ2n) is 21.7. The highest BCUT2D eigenvalue weighted by Gasteiger charge is 2.27. The molecule has 0 unspecified atom stereocenters. The lowest BCUT2D eigenvalue weighted by Crippen LogP contribution is -2.06. The maximum atomic E-state index is 10.8. The summed E-state index contributed by atoms with van der Waals surface area (Å²) >= 11 is 0. The number of para-hydroxylation sites is 6. The van der Waals surface area contributed by atoms with Gasteiger partial charge >= 0.3 is 0 Å². The van der Waals surface area contributed by atoms with Gasteiger partial charge in [0.25, 0.3) is 0 Å². The highest BCUT2D eigenvalue weighted by Crippen LogP contribution is 2.46. The molecule has 0 radical (unpaired) electrons. The van der Waals surface area contributed by atoms with Gasteiger partial charge in [0.15, 0.2) is 17.5 Å². The minimum atomic E-state index is 0.402. The fraction of sp³-hybridized carbons (Fsp3) is 0. The predicted molar refractivity (Wildman–Crippen MR) is 348 cm³/mol. The van der Waals surface area contributed by atoms with Crippen LogP contribution in [0.3, 0.4) is 0 Å². The Labute approximate surface area is 492 Å². The maximum Gasteiger partial charge on any atom is 0.166 e. The Kier molecular flexibility index (Phi) is 10.8. The van der Waals surface area contributed by atoms with E-state index in [0.717, 1.165) is 121 Å². The summed E-state index contributed by atoms with van der Waals surface area (Å²) in [5, 5.41) is 30.0. The molecule has 86 heavy (non-hydrogen) atoms. The summed E-state index contributed by atoms with van der Waals surface area (Å²) in [5.41, 5.74) is 17.3. The molecule has 17 rings (SSSR count). The van der Waals surface area contributed by atoms with Crippen molar-refractivity contribution in [1.29, 1.82) is 10.5 Å². The summed E-state index contributed by atoms with van der Waals surface area (Å²) in [7, 11) is 0. The lowest BCUT2D eigenvalue weighted by atomic mass is 9.99. The molecule has 12 aromatic carbocycles. The van der Waals surface area contributed by atoms with Crippen LogP contribution in [-0.4, -0.2) is 33.2 Å². The molecule has 0 fully saturated rings. The molecular formula is C77H45N9. The second-order valence-corrected chi connectivity index (χ2v) is 21.7. The maximum absolute atomic E-state index is 10.8. The van der Waals surface area contributed by atoms with E-state index in [-0.39, 0.29) is 0 Å². The molecule has 9 heteroatoms. The molecule has 0 saturated heterocycles. The van der Waals surface area contributed by atoms with Gasteiger partial charge in [0, 0.05) is 71.2 Å². The normalized spacial score (nSPS) is 11.7. The number of aromatic nitrogens is 7. The molecule has 0 atom stereocenters. The minimum Gasteiger partial charge on any atom is -0.309 e. The van der Waals surface area contributed by atoms with Crippen molar-refractivity contribution in [2.75, 3.05) is 0 Å². The molecule has 0 saturated carbocycles. The first-order valence-electron chi connectivity index (χ1n) is 28.6. The van der Waals surface area contributed by atoms with Gasteiger partial charge in [-0.1, -0.05) is 170 Å². The largest absolute Gasteiger partial charge is 0.309 e. The molecule has 0 bridgehead atoms. The first-order chi connectivity index (χ1) is 42.6. The molecule has 398 valence electrons. The number of nitrogens with zero attached hydrogens (tertiary/aromatic N) is 9. The van der Waals surface area contributed by atoms with Crippen molar-refractivity contribution in [2.24, 2.45) is 0 Å². The molecular weight excluding hydrogens is 1050 g/mol. The van der Waals surface area contributed by atoms with Gasteiger partial charge in [-0.3, -0.25) is 0 Å². The fourth-order valence-corrected chi connectivity index (χ4v) is 13.4. The third-order valence-corrected chi connectivity index (χ3v) is 17.0. The molecule has 0 amide bonds. The van der Waals surface area contributed by atoms with E-state index in [9.17, 15) is 10.5 Å². The van der Waals surface area contributed by atoms with Crippen LogP contribution in [0.4, 0.5) is 0 Å². The quantitative estimate of drug-likeness (QED) is 0.151. The average molecular weight is 1100 g/mol. The van der Waals surface area contributed by atoms with Crippen molar-refractivity contribution in [3.05, 3.63) is 284 Å². The van der Waals surface area contributed by atoms with Crippen molar-refractivity contribution < 1.29 is 0 Å². The number of hydrogen-bond donors (Lipinski definition) is 0. The van der Waals surface area contributed by atoms with E-state index < -0.39 is 0 Å².